The fourth-order valence-corrected chi connectivity index (χ4v) is 5.36. The number of piperazine rings is 1. The number of thiazole rings is 1. The van der Waals surface area contributed by atoms with Crippen LogP contribution < -0.4 is 19.7 Å². The van der Waals surface area contributed by atoms with Crippen molar-refractivity contribution in [3.8, 4) is 0 Å². The van der Waals surface area contributed by atoms with Crippen molar-refractivity contribution in [3.05, 3.63) is 49.4 Å². The first-order valence-corrected chi connectivity index (χ1v) is 12.9. The van der Waals surface area contributed by atoms with E-state index in [0.717, 1.165) is 24.1 Å². The first-order chi connectivity index (χ1) is 16.6. The molecule has 3 heterocycles. The number of aromatic amines is 1. The van der Waals surface area contributed by atoms with Gasteiger partial charge in [0.15, 0.2) is 0 Å². The second kappa shape index (κ2) is 10.3. The average Bonchev–Trinajstić information content (AvgIpc) is 3.14. The summed E-state index contributed by atoms with van der Waals surface area (Å²) in [6, 6.07) is 8.00. The SMILES string of the molecule is C=c1[nH]c(=O)/c(=C/c2ccccc2N2CCN(C(=O)C3CCCN(C(=O)OC(C)(C)C)C3)CC2)s1. The first kappa shape index (κ1) is 25.0. The van der Waals surface area contributed by atoms with Crippen LogP contribution in [-0.2, 0) is 9.53 Å². The predicted molar refractivity (Wildman–Crippen MR) is 139 cm³/mol. The Hall–Kier alpha value is -3.07. The van der Waals surface area contributed by atoms with Crippen LogP contribution in [-0.4, -0.2) is 71.7 Å². The third kappa shape index (κ3) is 6.14. The number of H-pyrrole nitrogens is 1. The molecule has 2 saturated heterocycles. The Morgan fingerprint density at radius 2 is 1.83 bits per heavy atom. The van der Waals surface area contributed by atoms with Crippen molar-refractivity contribution in [2.24, 2.45) is 5.92 Å². The molecule has 2 aliphatic rings. The molecular weight excluding hydrogens is 464 g/mol. The molecule has 2 amide bonds. The molecule has 0 bridgehead atoms. The number of likely N-dealkylation sites (tertiary alicyclic amines) is 1. The molecule has 0 radical (unpaired) electrons. The largest absolute Gasteiger partial charge is 0.444 e. The number of benzene rings is 1. The number of aromatic nitrogens is 1. The molecule has 1 aromatic carbocycles. The Labute approximate surface area is 209 Å². The van der Waals surface area contributed by atoms with E-state index in [4.69, 9.17) is 4.74 Å². The van der Waals surface area contributed by atoms with Gasteiger partial charge >= 0.3 is 6.09 Å². The normalized spacial score (nSPS) is 19.7. The van der Waals surface area contributed by atoms with E-state index in [1.165, 1.54) is 11.3 Å². The fraction of sp³-hybridized carbons (Fsp3) is 0.500. The summed E-state index contributed by atoms with van der Waals surface area (Å²) in [5, 5.41) is 0. The summed E-state index contributed by atoms with van der Waals surface area (Å²) in [5.41, 5.74) is 1.34. The van der Waals surface area contributed by atoms with Crippen molar-refractivity contribution in [2.75, 3.05) is 44.2 Å². The second-order valence-electron chi connectivity index (χ2n) is 10.1. The van der Waals surface area contributed by atoms with Crippen LogP contribution in [0.3, 0.4) is 0 Å². The maximum atomic E-state index is 13.3. The molecule has 35 heavy (non-hydrogen) atoms. The van der Waals surface area contributed by atoms with Gasteiger partial charge in [-0.3, -0.25) is 9.59 Å². The molecule has 1 aromatic heterocycles. The van der Waals surface area contributed by atoms with Crippen LogP contribution in [0.15, 0.2) is 29.1 Å². The highest BCUT2D eigenvalue weighted by Gasteiger charge is 2.34. The number of hydrogen-bond donors (Lipinski definition) is 1. The molecule has 1 unspecified atom stereocenters. The number of nitrogens with zero attached hydrogens (tertiary/aromatic N) is 3. The number of amides is 2. The van der Waals surface area contributed by atoms with E-state index in [1.807, 2.05) is 49.9 Å². The third-order valence-corrected chi connectivity index (χ3v) is 7.16. The van der Waals surface area contributed by atoms with Crippen LogP contribution in [0, 0.1) is 5.92 Å². The summed E-state index contributed by atoms with van der Waals surface area (Å²) in [7, 11) is 0. The van der Waals surface area contributed by atoms with Gasteiger partial charge in [0.2, 0.25) is 5.91 Å². The zero-order valence-corrected chi connectivity index (χ0v) is 21.5. The minimum Gasteiger partial charge on any atom is -0.444 e. The average molecular weight is 499 g/mol. The van der Waals surface area contributed by atoms with Crippen LogP contribution in [0.5, 0.6) is 0 Å². The molecule has 0 saturated carbocycles. The number of para-hydroxylation sites is 1. The van der Waals surface area contributed by atoms with Gasteiger partial charge in [0, 0.05) is 45.0 Å². The van der Waals surface area contributed by atoms with Crippen molar-refractivity contribution in [1.82, 2.24) is 14.8 Å². The highest BCUT2D eigenvalue weighted by molar-refractivity contribution is 7.07. The Morgan fingerprint density at radius 3 is 2.49 bits per heavy atom. The number of anilines is 1. The highest BCUT2D eigenvalue weighted by atomic mass is 32.1. The number of hydrogen-bond acceptors (Lipinski definition) is 6. The zero-order valence-electron chi connectivity index (χ0n) is 20.7. The van der Waals surface area contributed by atoms with Gasteiger partial charge < -0.3 is 24.4 Å². The van der Waals surface area contributed by atoms with Crippen molar-refractivity contribution >= 4 is 41.7 Å². The van der Waals surface area contributed by atoms with Crippen LogP contribution >= 0.6 is 11.3 Å². The molecule has 0 aliphatic carbocycles. The van der Waals surface area contributed by atoms with Gasteiger partial charge in [-0.2, -0.15) is 0 Å². The molecule has 2 fully saturated rings. The summed E-state index contributed by atoms with van der Waals surface area (Å²) in [6.07, 6.45) is 3.15. The molecule has 9 heteroatoms. The summed E-state index contributed by atoms with van der Waals surface area (Å²) in [6.45, 7) is 13.1. The van der Waals surface area contributed by atoms with Crippen LogP contribution in [0.25, 0.3) is 12.7 Å². The number of ether oxygens (including phenoxy) is 1. The fourth-order valence-electron chi connectivity index (χ4n) is 4.62. The van der Waals surface area contributed by atoms with Gasteiger partial charge in [0.05, 0.1) is 15.1 Å². The molecule has 2 aromatic rings. The van der Waals surface area contributed by atoms with Crippen molar-refractivity contribution in [2.45, 2.75) is 39.2 Å². The smallest absolute Gasteiger partial charge is 0.410 e. The summed E-state index contributed by atoms with van der Waals surface area (Å²) in [5.74, 6) is -0.0725. The zero-order chi connectivity index (χ0) is 25.2. The molecule has 1 N–H and O–H groups in total. The number of rotatable bonds is 3. The number of piperidine rings is 1. The van der Waals surface area contributed by atoms with Crippen molar-refractivity contribution < 1.29 is 14.3 Å². The van der Waals surface area contributed by atoms with Crippen LogP contribution in [0.1, 0.15) is 39.2 Å². The van der Waals surface area contributed by atoms with Gasteiger partial charge in [0.25, 0.3) is 5.56 Å². The Bertz CT molecular complexity index is 1240. The standard InChI is InChI=1S/C26H34N4O4S/c1-18-27-23(31)22(35-18)16-19-8-5-6-10-21(19)28-12-14-29(15-13-28)24(32)20-9-7-11-30(17-20)25(33)34-26(2,3)4/h5-6,8,10,16,20H,1,7,9,11-15,17H2,2-4H3,(H,27,31)/b22-16-. The van der Waals surface area contributed by atoms with Gasteiger partial charge in [-0.15, -0.1) is 11.3 Å². The minimum atomic E-state index is -0.551. The molecule has 2 aliphatic heterocycles. The summed E-state index contributed by atoms with van der Waals surface area (Å²) < 4.78 is 6.77. The Morgan fingerprint density at radius 1 is 1.11 bits per heavy atom. The van der Waals surface area contributed by atoms with E-state index >= 15 is 0 Å². The lowest BCUT2D eigenvalue weighted by atomic mass is 9.96. The second-order valence-corrected chi connectivity index (χ2v) is 11.3. The van der Waals surface area contributed by atoms with Gasteiger partial charge in [0.1, 0.15) is 5.60 Å². The quantitative estimate of drug-likeness (QED) is 0.700. The lowest BCUT2D eigenvalue weighted by Crippen LogP contribution is -2.53. The van der Waals surface area contributed by atoms with Gasteiger partial charge in [-0.05, 0) is 51.3 Å². The summed E-state index contributed by atoms with van der Waals surface area (Å²) >= 11 is 1.35. The predicted octanol–water partition coefficient (Wildman–Crippen LogP) is 1.97. The lowest BCUT2D eigenvalue weighted by Gasteiger charge is -2.40. The van der Waals surface area contributed by atoms with E-state index in [-0.39, 0.29) is 23.5 Å². The van der Waals surface area contributed by atoms with E-state index in [1.54, 1.807) is 4.90 Å². The summed E-state index contributed by atoms with van der Waals surface area (Å²) in [4.78, 5) is 46.5. The molecule has 8 nitrogen and oxygen atoms in total. The van der Waals surface area contributed by atoms with E-state index in [2.05, 4.69) is 22.5 Å². The van der Waals surface area contributed by atoms with Gasteiger partial charge in [-0.25, -0.2) is 4.79 Å². The van der Waals surface area contributed by atoms with E-state index in [0.29, 0.717) is 48.5 Å². The monoisotopic (exact) mass is 498 g/mol. The van der Waals surface area contributed by atoms with Crippen LogP contribution in [0.2, 0.25) is 0 Å². The maximum Gasteiger partial charge on any atom is 0.410 e. The Balaban J connectivity index is 1.40. The maximum absolute atomic E-state index is 13.3. The van der Waals surface area contributed by atoms with Crippen molar-refractivity contribution in [1.29, 1.82) is 0 Å². The number of nitrogens with one attached hydrogen (secondary N) is 1. The van der Waals surface area contributed by atoms with E-state index < -0.39 is 5.60 Å². The number of carbonyl (C=O) groups excluding carboxylic acids is 2. The minimum absolute atomic E-state index is 0.117. The molecule has 4 rings (SSSR count). The molecule has 188 valence electrons. The van der Waals surface area contributed by atoms with Gasteiger partial charge in [-0.1, -0.05) is 24.8 Å². The molecule has 1 atom stereocenters. The topological polar surface area (TPSA) is 86.0 Å². The Kier molecular flexibility index (Phi) is 7.35. The third-order valence-electron chi connectivity index (χ3n) is 6.29. The van der Waals surface area contributed by atoms with Crippen molar-refractivity contribution in [3.63, 3.8) is 0 Å². The number of carbonyl (C=O) groups is 2. The van der Waals surface area contributed by atoms with Crippen LogP contribution in [0.4, 0.5) is 10.5 Å². The molecular formula is C26H34N4O4S. The van der Waals surface area contributed by atoms with E-state index in [9.17, 15) is 14.4 Å². The molecule has 0 spiro atoms. The first-order valence-electron chi connectivity index (χ1n) is 12.1. The highest BCUT2D eigenvalue weighted by Crippen LogP contribution is 2.25. The lowest BCUT2D eigenvalue weighted by molar-refractivity contribution is -0.137.